The van der Waals surface area contributed by atoms with E-state index in [4.69, 9.17) is 0 Å². The number of thiophene rings is 1. The van der Waals surface area contributed by atoms with E-state index in [0.717, 1.165) is 23.6 Å². The summed E-state index contributed by atoms with van der Waals surface area (Å²) in [7, 11) is -1.45. The minimum Gasteiger partial charge on any atom is -0.356 e. The maximum atomic E-state index is 11.7. The molecule has 0 unspecified atom stereocenters. The van der Waals surface area contributed by atoms with E-state index < -0.39 is 9.84 Å². The number of hydrogen-bond acceptors (Lipinski definition) is 4. The molecule has 0 fully saturated rings. The number of rotatable bonds is 6. The second-order valence-electron chi connectivity index (χ2n) is 7.01. The maximum absolute atomic E-state index is 11.7. The molecule has 0 aliphatic heterocycles. The Morgan fingerprint density at radius 1 is 1.23 bits per heavy atom. The molecule has 0 aliphatic rings. The lowest BCUT2D eigenvalue weighted by Gasteiger charge is -2.25. The SMILES string of the molecule is CN=C(NCc1ccc(S(C)(=O)=O)c(C)c1)NCC(C)(C)c1cccs1. The van der Waals surface area contributed by atoms with Gasteiger partial charge in [-0.15, -0.1) is 11.3 Å². The highest BCUT2D eigenvalue weighted by molar-refractivity contribution is 7.90. The quantitative estimate of drug-likeness (QED) is 0.584. The summed E-state index contributed by atoms with van der Waals surface area (Å²) in [5.74, 6) is 0.722. The van der Waals surface area contributed by atoms with Gasteiger partial charge in [0.1, 0.15) is 0 Å². The molecule has 1 aromatic heterocycles. The van der Waals surface area contributed by atoms with Crippen LogP contribution in [-0.2, 0) is 21.8 Å². The molecule has 0 spiro atoms. The molecule has 0 amide bonds. The van der Waals surface area contributed by atoms with Gasteiger partial charge in [0.05, 0.1) is 4.90 Å². The fourth-order valence-corrected chi connectivity index (χ4v) is 4.51. The van der Waals surface area contributed by atoms with Gasteiger partial charge in [0.15, 0.2) is 15.8 Å². The van der Waals surface area contributed by atoms with Crippen molar-refractivity contribution in [2.24, 2.45) is 4.99 Å². The molecule has 0 saturated carbocycles. The van der Waals surface area contributed by atoms with Crippen LogP contribution < -0.4 is 10.6 Å². The van der Waals surface area contributed by atoms with Crippen LogP contribution in [0.3, 0.4) is 0 Å². The predicted octanol–water partition coefficient (Wildman–Crippen LogP) is 3.10. The van der Waals surface area contributed by atoms with Crippen LogP contribution >= 0.6 is 11.3 Å². The lowest BCUT2D eigenvalue weighted by molar-refractivity contribution is 0.518. The monoisotopic (exact) mass is 393 g/mol. The molecule has 1 heterocycles. The van der Waals surface area contributed by atoms with Crippen molar-refractivity contribution in [2.45, 2.75) is 37.6 Å². The zero-order chi connectivity index (χ0) is 19.4. The largest absolute Gasteiger partial charge is 0.356 e. The van der Waals surface area contributed by atoms with Gasteiger partial charge in [-0.3, -0.25) is 4.99 Å². The molecular formula is C19H27N3O2S2. The Hall–Kier alpha value is -1.86. The average molecular weight is 394 g/mol. The summed E-state index contributed by atoms with van der Waals surface area (Å²) in [5.41, 5.74) is 1.78. The Labute approximate surface area is 160 Å². The van der Waals surface area contributed by atoms with Crippen LogP contribution in [-0.4, -0.2) is 34.2 Å². The maximum Gasteiger partial charge on any atom is 0.191 e. The third kappa shape index (κ3) is 5.32. The first-order valence-corrected chi connectivity index (χ1v) is 11.2. The number of aliphatic imine (C=N–C) groups is 1. The number of sulfone groups is 1. The first kappa shape index (κ1) is 20.5. The van der Waals surface area contributed by atoms with Crippen molar-refractivity contribution in [2.75, 3.05) is 19.8 Å². The van der Waals surface area contributed by atoms with E-state index in [-0.39, 0.29) is 5.41 Å². The average Bonchev–Trinajstić information content (AvgIpc) is 3.09. The summed E-state index contributed by atoms with van der Waals surface area (Å²) in [6.07, 6.45) is 1.23. The molecule has 2 aromatic rings. The second kappa shape index (κ2) is 8.22. The minimum absolute atomic E-state index is 0.0134. The van der Waals surface area contributed by atoms with Crippen LogP contribution in [0.4, 0.5) is 0 Å². The van der Waals surface area contributed by atoms with Crippen LogP contribution in [0.1, 0.15) is 29.9 Å². The highest BCUT2D eigenvalue weighted by Gasteiger charge is 2.21. The number of hydrogen-bond donors (Lipinski definition) is 2. The van der Waals surface area contributed by atoms with E-state index in [9.17, 15) is 8.42 Å². The van der Waals surface area contributed by atoms with Crippen molar-refractivity contribution >= 4 is 27.1 Å². The van der Waals surface area contributed by atoms with Gasteiger partial charge in [0.25, 0.3) is 0 Å². The van der Waals surface area contributed by atoms with Crippen molar-refractivity contribution in [3.8, 4) is 0 Å². The van der Waals surface area contributed by atoms with Gasteiger partial charge < -0.3 is 10.6 Å². The van der Waals surface area contributed by atoms with Crippen molar-refractivity contribution < 1.29 is 8.42 Å². The molecule has 7 heteroatoms. The molecule has 0 aliphatic carbocycles. The number of benzene rings is 1. The Balaban J connectivity index is 1.96. The van der Waals surface area contributed by atoms with Gasteiger partial charge >= 0.3 is 0 Å². The zero-order valence-corrected chi connectivity index (χ0v) is 17.6. The summed E-state index contributed by atoms with van der Waals surface area (Å²) >= 11 is 1.75. The summed E-state index contributed by atoms with van der Waals surface area (Å²) in [5, 5.41) is 8.74. The van der Waals surface area contributed by atoms with Gasteiger partial charge in [0, 0.05) is 36.7 Å². The smallest absolute Gasteiger partial charge is 0.191 e. The normalized spacial score (nSPS) is 12.9. The van der Waals surface area contributed by atoms with Crippen LogP contribution in [0.5, 0.6) is 0 Å². The highest BCUT2D eigenvalue weighted by atomic mass is 32.2. The molecule has 0 radical (unpaired) electrons. The van der Waals surface area contributed by atoms with Crippen LogP contribution in [0.2, 0.25) is 0 Å². The van der Waals surface area contributed by atoms with E-state index in [1.54, 1.807) is 24.5 Å². The van der Waals surface area contributed by atoms with Gasteiger partial charge in [-0.25, -0.2) is 8.42 Å². The van der Waals surface area contributed by atoms with E-state index in [1.165, 1.54) is 11.1 Å². The Morgan fingerprint density at radius 3 is 2.50 bits per heavy atom. The molecule has 142 valence electrons. The van der Waals surface area contributed by atoms with E-state index in [1.807, 2.05) is 19.1 Å². The molecule has 0 saturated heterocycles. The molecular weight excluding hydrogens is 366 g/mol. The summed E-state index contributed by atoms with van der Waals surface area (Å²) in [6, 6.07) is 9.61. The summed E-state index contributed by atoms with van der Waals surface area (Å²) in [6.45, 7) is 7.55. The third-order valence-electron chi connectivity index (χ3n) is 4.21. The van der Waals surface area contributed by atoms with Crippen molar-refractivity contribution in [3.05, 3.63) is 51.7 Å². The Kier molecular flexibility index (Phi) is 6.47. The molecule has 5 nitrogen and oxygen atoms in total. The third-order valence-corrected chi connectivity index (χ3v) is 6.70. The standard InChI is InChI=1S/C19H27N3O2S2/c1-14-11-15(8-9-16(14)26(5,23)24)12-21-18(20-4)22-13-19(2,3)17-7-6-10-25-17/h6-11H,12-13H2,1-5H3,(H2,20,21,22). The van der Waals surface area contributed by atoms with Crippen LogP contribution in [0.15, 0.2) is 45.6 Å². The van der Waals surface area contributed by atoms with E-state index in [0.29, 0.717) is 11.4 Å². The van der Waals surface area contributed by atoms with Gasteiger partial charge in [-0.1, -0.05) is 32.0 Å². The Bertz CT molecular complexity index is 870. The van der Waals surface area contributed by atoms with Crippen molar-refractivity contribution in [1.29, 1.82) is 0 Å². The predicted molar refractivity (Wildman–Crippen MR) is 110 cm³/mol. The number of guanidine groups is 1. The number of nitrogens with zero attached hydrogens (tertiary/aromatic N) is 1. The molecule has 2 N–H and O–H groups in total. The first-order valence-electron chi connectivity index (χ1n) is 8.41. The van der Waals surface area contributed by atoms with Gasteiger partial charge in [-0.2, -0.15) is 0 Å². The summed E-state index contributed by atoms with van der Waals surface area (Å²) in [4.78, 5) is 5.97. The van der Waals surface area contributed by atoms with Gasteiger partial charge in [0.2, 0.25) is 0 Å². The fraction of sp³-hybridized carbons (Fsp3) is 0.421. The lowest BCUT2D eigenvalue weighted by atomic mass is 9.91. The number of aryl methyl sites for hydroxylation is 1. The van der Waals surface area contributed by atoms with Crippen molar-refractivity contribution in [1.82, 2.24) is 10.6 Å². The summed E-state index contributed by atoms with van der Waals surface area (Å²) < 4.78 is 23.4. The van der Waals surface area contributed by atoms with Gasteiger partial charge in [-0.05, 0) is 35.6 Å². The lowest BCUT2D eigenvalue weighted by Crippen LogP contribution is -2.42. The second-order valence-corrected chi connectivity index (χ2v) is 9.94. The molecule has 0 atom stereocenters. The molecule has 1 aromatic carbocycles. The number of nitrogens with one attached hydrogen (secondary N) is 2. The molecule has 2 rings (SSSR count). The highest BCUT2D eigenvalue weighted by Crippen LogP contribution is 2.26. The van der Waals surface area contributed by atoms with Crippen LogP contribution in [0.25, 0.3) is 0 Å². The Morgan fingerprint density at radius 2 is 1.96 bits per heavy atom. The molecule has 26 heavy (non-hydrogen) atoms. The fourth-order valence-electron chi connectivity index (χ4n) is 2.70. The van der Waals surface area contributed by atoms with E-state index in [2.05, 4.69) is 47.0 Å². The van der Waals surface area contributed by atoms with Crippen molar-refractivity contribution in [3.63, 3.8) is 0 Å². The molecule has 0 bridgehead atoms. The zero-order valence-electron chi connectivity index (χ0n) is 16.0. The van der Waals surface area contributed by atoms with Crippen LogP contribution in [0, 0.1) is 6.92 Å². The first-order chi connectivity index (χ1) is 12.1. The van der Waals surface area contributed by atoms with E-state index >= 15 is 0 Å². The topological polar surface area (TPSA) is 70.6 Å². The minimum atomic E-state index is -3.19.